The van der Waals surface area contributed by atoms with Crippen LogP contribution in [0.4, 0.5) is 10.1 Å². The molecule has 1 aliphatic heterocycles. The summed E-state index contributed by atoms with van der Waals surface area (Å²) in [7, 11) is -1.10. The van der Waals surface area contributed by atoms with Gasteiger partial charge < -0.3 is 9.31 Å². The Labute approximate surface area is 123 Å². The third kappa shape index (κ3) is 3.14. The van der Waals surface area contributed by atoms with Gasteiger partial charge in [-0.3, -0.25) is 10.1 Å². The third-order valence-corrected chi connectivity index (χ3v) is 3.86. The third-order valence-electron chi connectivity index (χ3n) is 3.86. The Morgan fingerprint density at radius 2 is 1.86 bits per heavy atom. The molecule has 1 saturated heterocycles. The Morgan fingerprint density at radius 1 is 1.29 bits per heavy atom. The predicted octanol–water partition coefficient (Wildman–Crippen LogP) is 3.54. The van der Waals surface area contributed by atoms with Gasteiger partial charge in [0.1, 0.15) is 5.73 Å². The van der Waals surface area contributed by atoms with E-state index in [1.165, 1.54) is 24.3 Å². The van der Waals surface area contributed by atoms with Crippen LogP contribution in [0.2, 0.25) is 0 Å². The largest absolute Gasteiger partial charge is 0.525 e. The summed E-state index contributed by atoms with van der Waals surface area (Å²) < 4.78 is 25.4. The van der Waals surface area contributed by atoms with Gasteiger partial charge in [-0.05, 0) is 39.3 Å². The van der Waals surface area contributed by atoms with Gasteiger partial charge in [-0.25, -0.2) is 4.39 Å². The van der Waals surface area contributed by atoms with Crippen molar-refractivity contribution in [3.63, 3.8) is 0 Å². The molecule has 1 aromatic rings. The molecule has 1 aromatic carbocycles. The molecule has 0 spiro atoms. The number of nitrogens with zero attached hydrogens (tertiary/aromatic N) is 1. The normalized spacial score (nSPS) is 20.6. The number of rotatable bonds is 3. The maximum atomic E-state index is 14.3. The first-order valence-corrected chi connectivity index (χ1v) is 6.59. The van der Waals surface area contributed by atoms with E-state index in [9.17, 15) is 14.5 Å². The van der Waals surface area contributed by atoms with Crippen molar-refractivity contribution in [1.29, 1.82) is 0 Å². The highest BCUT2D eigenvalue weighted by atomic mass is 19.1. The van der Waals surface area contributed by atoms with Gasteiger partial charge in [-0.1, -0.05) is 12.1 Å². The monoisotopic (exact) mass is 293 g/mol. The van der Waals surface area contributed by atoms with Crippen LogP contribution in [0.1, 0.15) is 33.3 Å². The summed E-state index contributed by atoms with van der Waals surface area (Å²) >= 11 is 0. The van der Waals surface area contributed by atoms with E-state index in [1.807, 2.05) is 27.7 Å². The quantitative estimate of drug-likeness (QED) is 0.486. The van der Waals surface area contributed by atoms with Gasteiger partial charge in [0.25, 0.3) is 5.69 Å². The van der Waals surface area contributed by atoms with E-state index in [1.54, 1.807) is 6.07 Å². The fourth-order valence-electron chi connectivity index (χ4n) is 1.91. The predicted molar refractivity (Wildman–Crippen MR) is 78.3 cm³/mol. The maximum Gasteiger partial charge on any atom is 0.525 e. The van der Waals surface area contributed by atoms with Crippen molar-refractivity contribution in [3.8, 4) is 0 Å². The molecule has 5 nitrogen and oxygen atoms in total. The fourth-order valence-corrected chi connectivity index (χ4v) is 1.91. The Kier molecular flexibility index (Phi) is 3.90. The zero-order valence-corrected chi connectivity index (χ0v) is 12.4. The number of hydrogen-bond acceptors (Lipinski definition) is 4. The molecular weight excluding hydrogens is 276 g/mol. The van der Waals surface area contributed by atoms with Gasteiger partial charge in [0.05, 0.1) is 16.1 Å². The average molecular weight is 293 g/mol. The van der Waals surface area contributed by atoms with Crippen LogP contribution in [0.3, 0.4) is 0 Å². The van der Waals surface area contributed by atoms with Crippen molar-refractivity contribution >= 4 is 18.9 Å². The molecule has 7 heteroatoms. The highest BCUT2D eigenvalue weighted by molar-refractivity contribution is 6.54. The molecule has 0 amide bonds. The number of nitro benzene ring substituents is 1. The van der Waals surface area contributed by atoms with Crippen LogP contribution < -0.4 is 0 Å². The van der Waals surface area contributed by atoms with Crippen LogP contribution in [0.25, 0.3) is 6.08 Å². The smallest absolute Gasteiger partial charge is 0.398 e. The van der Waals surface area contributed by atoms with Gasteiger partial charge in [0.15, 0.2) is 0 Å². The Bertz CT molecular complexity index is 584. The molecule has 0 radical (unpaired) electrons. The van der Waals surface area contributed by atoms with E-state index in [0.29, 0.717) is 5.56 Å². The molecule has 0 aliphatic carbocycles. The Hall–Kier alpha value is -1.73. The van der Waals surface area contributed by atoms with E-state index in [0.717, 1.165) is 0 Å². The molecule has 0 bridgehead atoms. The van der Waals surface area contributed by atoms with E-state index in [-0.39, 0.29) is 5.69 Å². The highest BCUT2D eigenvalue weighted by Crippen LogP contribution is 2.39. The second-order valence-corrected chi connectivity index (χ2v) is 5.97. The topological polar surface area (TPSA) is 61.6 Å². The molecule has 0 N–H and O–H groups in total. The zero-order chi connectivity index (χ0) is 15.8. The fraction of sp³-hybridized carbons (Fsp3) is 0.429. The van der Waals surface area contributed by atoms with E-state index in [2.05, 4.69) is 0 Å². The molecule has 21 heavy (non-hydrogen) atoms. The second-order valence-electron chi connectivity index (χ2n) is 5.97. The number of nitro groups is 1. The van der Waals surface area contributed by atoms with Gasteiger partial charge in [0.2, 0.25) is 0 Å². The van der Waals surface area contributed by atoms with E-state index >= 15 is 0 Å². The molecule has 0 atom stereocenters. The number of hydrogen-bond donors (Lipinski definition) is 0. The molecule has 1 fully saturated rings. The van der Waals surface area contributed by atoms with Crippen molar-refractivity contribution in [1.82, 2.24) is 0 Å². The minimum absolute atomic E-state index is 0.0922. The summed E-state index contributed by atoms with van der Waals surface area (Å²) in [4.78, 5) is 10.2. The summed E-state index contributed by atoms with van der Waals surface area (Å²) in [5.74, 6) is 0. The first-order valence-electron chi connectivity index (χ1n) is 6.59. The minimum Gasteiger partial charge on any atom is -0.398 e. The van der Waals surface area contributed by atoms with Crippen molar-refractivity contribution in [2.75, 3.05) is 0 Å². The molecule has 0 saturated carbocycles. The van der Waals surface area contributed by atoms with Crippen molar-refractivity contribution in [3.05, 3.63) is 45.7 Å². The number of halogens is 1. The molecule has 112 valence electrons. The first kappa shape index (κ1) is 15.7. The lowest BCUT2D eigenvalue weighted by molar-refractivity contribution is -0.384. The lowest BCUT2D eigenvalue weighted by Crippen LogP contribution is -2.41. The first-order chi connectivity index (χ1) is 9.62. The number of non-ortho nitro benzene ring substituents is 1. The summed E-state index contributed by atoms with van der Waals surface area (Å²) in [5, 5.41) is 10.7. The van der Waals surface area contributed by atoms with Crippen LogP contribution in [0.15, 0.2) is 30.0 Å². The standard InChI is InChI=1S/C14H17BFNO4/c1-13(2)14(3,4)21-15(20-13)12(16)9-10-6-5-7-11(8-10)17(18)19/h5-9H,1-4H3. The highest BCUT2D eigenvalue weighted by Gasteiger charge is 2.53. The van der Waals surface area contributed by atoms with Crippen LogP contribution in [0, 0.1) is 10.1 Å². The molecule has 0 aromatic heterocycles. The van der Waals surface area contributed by atoms with Gasteiger partial charge in [-0.2, -0.15) is 0 Å². The minimum atomic E-state index is -1.10. The van der Waals surface area contributed by atoms with Crippen LogP contribution in [0.5, 0.6) is 0 Å². The van der Waals surface area contributed by atoms with Gasteiger partial charge in [-0.15, -0.1) is 0 Å². The molecule has 1 aliphatic rings. The van der Waals surface area contributed by atoms with Crippen molar-refractivity contribution < 1.29 is 18.6 Å². The number of benzene rings is 1. The lowest BCUT2D eigenvalue weighted by atomic mass is 9.87. The lowest BCUT2D eigenvalue weighted by Gasteiger charge is -2.32. The molecule has 2 rings (SSSR count). The van der Waals surface area contributed by atoms with Gasteiger partial charge >= 0.3 is 7.12 Å². The molecular formula is C14H17BFNO4. The second kappa shape index (κ2) is 5.24. The van der Waals surface area contributed by atoms with Crippen molar-refractivity contribution in [2.45, 2.75) is 38.9 Å². The maximum absolute atomic E-state index is 14.3. The van der Waals surface area contributed by atoms with E-state index in [4.69, 9.17) is 9.31 Å². The van der Waals surface area contributed by atoms with E-state index < -0.39 is 29.0 Å². The SMILES string of the molecule is CC1(C)OB(C(F)=Cc2cccc([N+](=O)[O-])c2)OC1(C)C. The molecule has 1 heterocycles. The summed E-state index contributed by atoms with van der Waals surface area (Å²) in [6, 6.07) is 5.73. The summed E-state index contributed by atoms with van der Waals surface area (Å²) in [6.45, 7) is 7.31. The molecule has 0 unspecified atom stereocenters. The zero-order valence-electron chi connectivity index (χ0n) is 12.4. The van der Waals surface area contributed by atoms with Crippen LogP contribution in [-0.2, 0) is 9.31 Å². The van der Waals surface area contributed by atoms with Crippen molar-refractivity contribution in [2.24, 2.45) is 0 Å². The summed E-state index contributed by atoms with van der Waals surface area (Å²) in [5.41, 5.74) is -1.59. The van der Waals surface area contributed by atoms with Crippen LogP contribution in [-0.4, -0.2) is 23.2 Å². The van der Waals surface area contributed by atoms with Gasteiger partial charge in [0, 0.05) is 12.1 Å². The van der Waals surface area contributed by atoms with Crippen LogP contribution >= 0.6 is 0 Å². The average Bonchev–Trinajstić information content (AvgIpc) is 2.59. The summed E-state index contributed by atoms with van der Waals surface area (Å²) in [6.07, 6.45) is 1.19. The Morgan fingerprint density at radius 3 is 2.38 bits per heavy atom. The Balaban J connectivity index is 2.23.